The van der Waals surface area contributed by atoms with Crippen LogP contribution in [0.15, 0.2) is 12.7 Å². The van der Waals surface area contributed by atoms with Crippen LogP contribution in [-0.4, -0.2) is 89.3 Å². The molecule has 2 aliphatic rings. The third kappa shape index (κ3) is 9.26. The molecule has 0 bridgehead atoms. The number of Topliss-reactive ketones (excluding diaryl/α,β-unsaturated/α-hetero) is 1. The lowest BCUT2D eigenvalue weighted by Crippen LogP contribution is -2.61. The molecular formula is C29H48N4O8. The molecule has 232 valence electrons. The van der Waals surface area contributed by atoms with Crippen molar-refractivity contribution in [2.45, 2.75) is 123 Å². The van der Waals surface area contributed by atoms with Crippen LogP contribution < -0.4 is 16.0 Å². The molecule has 12 heteroatoms. The van der Waals surface area contributed by atoms with E-state index in [2.05, 4.69) is 22.5 Å². The molecule has 2 unspecified atom stereocenters. The van der Waals surface area contributed by atoms with Gasteiger partial charge in [-0.2, -0.15) is 0 Å². The Bertz CT molecular complexity index is 1010. The van der Waals surface area contributed by atoms with Crippen molar-refractivity contribution in [1.82, 2.24) is 20.9 Å². The van der Waals surface area contributed by atoms with Gasteiger partial charge in [-0.3, -0.25) is 19.2 Å². The number of ketones is 1. The van der Waals surface area contributed by atoms with E-state index >= 15 is 0 Å². The molecular weight excluding hydrogens is 532 g/mol. The first-order valence-electron chi connectivity index (χ1n) is 14.2. The Morgan fingerprint density at radius 3 is 2.24 bits per heavy atom. The van der Waals surface area contributed by atoms with E-state index in [0.717, 1.165) is 6.42 Å². The van der Waals surface area contributed by atoms with Crippen LogP contribution in [0, 0.1) is 5.41 Å². The van der Waals surface area contributed by atoms with Crippen molar-refractivity contribution < 1.29 is 38.2 Å². The van der Waals surface area contributed by atoms with Gasteiger partial charge in [0.05, 0.1) is 12.6 Å². The quantitative estimate of drug-likeness (QED) is 0.248. The number of alkyl carbamates (subject to hydrolysis) is 1. The normalized spacial score (nSPS) is 23.1. The number of carbonyl (C=O) groups excluding carboxylic acids is 5. The number of likely N-dealkylation sites (tertiary alicyclic amines) is 1. The minimum atomic E-state index is -1.17. The zero-order chi connectivity index (χ0) is 31.3. The van der Waals surface area contributed by atoms with Gasteiger partial charge in [0.15, 0.2) is 5.79 Å². The second kappa shape index (κ2) is 13.3. The molecule has 2 heterocycles. The number of rotatable bonds is 11. The van der Waals surface area contributed by atoms with Crippen molar-refractivity contribution in [1.29, 1.82) is 0 Å². The molecule has 0 aliphatic carbocycles. The Kier molecular flexibility index (Phi) is 11.1. The molecule has 3 N–H and O–H groups in total. The summed E-state index contributed by atoms with van der Waals surface area (Å²) in [6.07, 6.45) is 0.800. The van der Waals surface area contributed by atoms with E-state index in [1.54, 1.807) is 55.4 Å². The van der Waals surface area contributed by atoms with Gasteiger partial charge < -0.3 is 35.1 Å². The molecule has 2 rings (SSSR count). The summed E-state index contributed by atoms with van der Waals surface area (Å²) in [5.41, 5.74) is -1.54. The molecule has 12 nitrogen and oxygen atoms in total. The van der Waals surface area contributed by atoms with Crippen LogP contribution in [0.2, 0.25) is 0 Å². The van der Waals surface area contributed by atoms with Crippen molar-refractivity contribution in [3.63, 3.8) is 0 Å². The number of hydrogen-bond acceptors (Lipinski definition) is 8. The van der Waals surface area contributed by atoms with Crippen LogP contribution in [0.5, 0.6) is 0 Å². The Labute approximate surface area is 243 Å². The lowest BCUT2D eigenvalue weighted by molar-refractivity contribution is -0.171. The molecule has 0 saturated carbocycles. The molecule has 2 saturated heterocycles. The minimum Gasteiger partial charge on any atom is -0.444 e. The number of carbonyl (C=O) groups is 5. The van der Waals surface area contributed by atoms with Gasteiger partial charge in [0.2, 0.25) is 17.6 Å². The van der Waals surface area contributed by atoms with Crippen LogP contribution in [0.4, 0.5) is 4.79 Å². The highest BCUT2D eigenvalue weighted by Crippen LogP contribution is 2.38. The van der Waals surface area contributed by atoms with Gasteiger partial charge in [-0.05, 0) is 46.5 Å². The summed E-state index contributed by atoms with van der Waals surface area (Å²) in [6, 6.07) is -3.33. The molecule has 5 atom stereocenters. The summed E-state index contributed by atoms with van der Waals surface area (Å²) in [4.78, 5) is 67.3. The van der Waals surface area contributed by atoms with Crippen LogP contribution in [0.1, 0.15) is 81.6 Å². The van der Waals surface area contributed by atoms with Gasteiger partial charge in [-0.1, -0.05) is 46.6 Å². The van der Waals surface area contributed by atoms with Crippen molar-refractivity contribution in [2.24, 2.45) is 5.41 Å². The lowest BCUT2D eigenvalue weighted by atomic mass is 9.85. The van der Waals surface area contributed by atoms with Crippen molar-refractivity contribution >= 4 is 29.6 Å². The van der Waals surface area contributed by atoms with Gasteiger partial charge in [0, 0.05) is 6.54 Å². The molecule has 0 aromatic rings. The Hall–Kier alpha value is -2.99. The Morgan fingerprint density at radius 2 is 1.71 bits per heavy atom. The highest BCUT2D eigenvalue weighted by Gasteiger charge is 2.58. The number of amides is 4. The molecule has 2 fully saturated rings. The number of nitrogens with zero attached hydrogens (tertiary/aromatic N) is 1. The predicted octanol–water partition coefficient (Wildman–Crippen LogP) is 2.20. The highest BCUT2D eigenvalue weighted by molar-refractivity contribution is 6.38. The largest absolute Gasteiger partial charge is 0.444 e. The van der Waals surface area contributed by atoms with Gasteiger partial charge in [0.25, 0.3) is 5.91 Å². The maximum absolute atomic E-state index is 14.0. The second-order valence-corrected chi connectivity index (χ2v) is 13.1. The van der Waals surface area contributed by atoms with Gasteiger partial charge >= 0.3 is 6.09 Å². The van der Waals surface area contributed by atoms with Gasteiger partial charge in [0.1, 0.15) is 29.9 Å². The zero-order valence-corrected chi connectivity index (χ0v) is 25.9. The average molecular weight is 581 g/mol. The third-order valence-electron chi connectivity index (χ3n) is 6.68. The first-order chi connectivity index (χ1) is 18.8. The predicted molar refractivity (Wildman–Crippen MR) is 152 cm³/mol. The molecule has 2 aliphatic heterocycles. The first-order valence-corrected chi connectivity index (χ1v) is 14.2. The highest BCUT2D eigenvalue weighted by atomic mass is 16.8. The van der Waals surface area contributed by atoms with E-state index in [9.17, 15) is 24.0 Å². The zero-order valence-electron chi connectivity index (χ0n) is 25.9. The van der Waals surface area contributed by atoms with Gasteiger partial charge in [-0.25, -0.2) is 4.79 Å². The van der Waals surface area contributed by atoms with Crippen molar-refractivity contribution in [3.05, 3.63) is 12.7 Å². The average Bonchev–Trinajstić information content (AvgIpc) is 3.32. The standard InChI is InChI=1S/C29H48N4O8/c1-11-13-14-17(20(34)24(36)30-15-12-2)31-23(35)19-21-18(39-29(9,10)40-21)16-33(19)25(37)22(27(3,4)5)32-26(38)41-28(6,7)8/h12,17-19,21-22H,2,11,13-16H2,1,3-10H3,(H,30,36)(H,31,35)(H,32,38)/t17?,18-,19?,21-,22+/m0/s1. The number of nitrogens with one attached hydrogen (secondary N) is 3. The molecule has 0 aromatic heterocycles. The number of unbranched alkanes of at least 4 members (excludes halogenated alkanes) is 1. The van der Waals surface area contributed by atoms with E-state index < -0.39 is 76.7 Å². The summed E-state index contributed by atoms with van der Waals surface area (Å²) in [7, 11) is 0. The fourth-order valence-electron chi connectivity index (χ4n) is 4.86. The SMILES string of the molecule is C=CCNC(=O)C(=O)C(CCCC)NC(=O)C1[C@H]2OC(C)(C)O[C@H]2CN1C(=O)[C@@H](NC(=O)OC(C)(C)C)C(C)(C)C. The molecule has 4 amide bonds. The van der Waals surface area contributed by atoms with Crippen LogP contribution in [0.3, 0.4) is 0 Å². The van der Waals surface area contributed by atoms with Crippen LogP contribution in [-0.2, 0) is 33.4 Å². The number of hydrogen-bond donors (Lipinski definition) is 3. The van der Waals surface area contributed by atoms with E-state index in [4.69, 9.17) is 14.2 Å². The molecule has 41 heavy (non-hydrogen) atoms. The van der Waals surface area contributed by atoms with Crippen LogP contribution in [0.25, 0.3) is 0 Å². The first kappa shape index (κ1) is 34.2. The molecule has 0 aromatic carbocycles. The summed E-state index contributed by atoms with van der Waals surface area (Å²) >= 11 is 0. The fraction of sp³-hybridized carbons (Fsp3) is 0.759. The lowest BCUT2D eigenvalue weighted by Gasteiger charge is -2.37. The minimum absolute atomic E-state index is 0.0288. The maximum atomic E-state index is 14.0. The Balaban J connectivity index is 2.39. The Morgan fingerprint density at radius 1 is 1.07 bits per heavy atom. The monoisotopic (exact) mass is 580 g/mol. The third-order valence-corrected chi connectivity index (χ3v) is 6.68. The number of fused-ring (bicyclic) bond motifs is 1. The molecule has 0 spiro atoms. The summed E-state index contributed by atoms with van der Waals surface area (Å²) in [5.74, 6) is -3.79. The second-order valence-electron chi connectivity index (χ2n) is 13.1. The van der Waals surface area contributed by atoms with E-state index in [-0.39, 0.29) is 19.5 Å². The van der Waals surface area contributed by atoms with Crippen LogP contribution >= 0.6 is 0 Å². The summed E-state index contributed by atoms with van der Waals surface area (Å²) in [6.45, 7) is 19.5. The molecule has 0 radical (unpaired) electrons. The topological polar surface area (TPSA) is 152 Å². The maximum Gasteiger partial charge on any atom is 0.408 e. The number of ether oxygens (including phenoxy) is 3. The fourth-order valence-corrected chi connectivity index (χ4v) is 4.86. The van der Waals surface area contributed by atoms with E-state index in [0.29, 0.717) is 6.42 Å². The smallest absolute Gasteiger partial charge is 0.408 e. The van der Waals surface area contributed by atoms with E-state index in [1.807, 2.05) is 6.92 Å². The van der Waals surface area contributed by atoms with E-state index in [1.165, 1.54) is 11.0 Å². The van der Waals surface area contributed by atoms with Crippen molar-refractivity contribution in [2.75, 3.05) is 13.1 Å². The van der Waals surface area contributed by atoms with Crippen molar-refractivity contribution in [3.8, 4) is 0 Å². The summed E-state index contributed by atoms with van der Waals surface area (Å²) in [5, 5.41) is 7.83. The summed E-state index contributed by atoms with van der Waals surface area (Å²) < 4.78 is 17.4. The van der Waals surface area contributed by atoms with Gasteiger partial charge in [-0.15, -0.1) is 6.58 Å².